The molecule has 0 unspecified atom stereocenters. The molecule has 0 bridgehead atoms. The number of piperazine rings is 1. The lowest BCUT2D eigenvalue weighted by molar-refractivity contribution is -0.134. The smallest absolute Gasteiger partial charge is 0.270 e. The van der Waals surface area contributed by atoms with Gasteiger partial charge in [0.2, 0.25) is 5.91 Å². The summed E-state index contributed by atoms with van der Waals surface area (Å²) in [4.78, 5) is 28.3. The van der Waals surface area contributed by atoms with Gasteiger partial charge in [0.15, 0.2) is 0 Å². The highest BCUT2D eigenvalue weighted by Crippen LogP contribution is 2.21. The van der Waals surface area contributed by atoms with Gasteiger partial charge in [-0.3, -0.25) is 9.59 Å². The van der Waals surface area contributed by atoms with Crippen LogP contribution in [0.1, 0.15) is 37.7 Å². The van der Waals surface area contributed by atoms with Crippen LogP contribution in [0.4, 0.5) is 0 Å². The monoisotopic (exact) mass is 325 g/mol. The Labute approximate surface area is 136 Å². The van der Waals surface area contributed by atoms with Crippen LogP contribution < -0.4 is 0 Å². The lowest BCUT2D eigenvalue weighted by Crippen LogP contribution is -2.51. The molecule has 0 saturated carbocycles. The first-order chi connectivity index (χ1) is 10.2. The number of nitrogens with zero attached hydrogens (tertiary/aromatic N) is 3. The molecular weight excluding hydrogens is 302 g/mol. The number of carbonyl (C=O) groups excluding carboxylic acids is 2. The molecule has 122 valence electrons. The Balaban J connectivity index is 1.93. The number of halogens is 1. The topological polar surface area (TPSA) is 45.6 Å². The average molecular weight is 326 g/mol. The predicted molar refractivity (Wildman–Crippen MR) is 87.0 cm³/mol. The Hall–Kier alpha value is -1.49. The van der Waals surface area contributed by atoms with Gasteiger partial charge in [-0.15, -0.1) is 0 Å². The summed E-state index contributed by atoms with van der Waals surface area (Å²) < 4.78 is 1.74. The molecule has 0 spiro atoms. The lowest BCUT2D eigenvalue weighted by Gasteiger charge is -2.36. The van der Waals surface area contributed by atoms with Crippen molar-refractivity contribution in [2.45, 2.75) is 27.2 Å². The maximum Gasteiger partial charge on any atom is 0.270 e. The average Bonchev–Trinajstić information content (AvgIpc) is 2.75. The number of carbonyl (C=O) groups is 2. The molecule has 1 aromatic heterocycles. The van der Waals surface area contributed by atoms with Crippen LogP contribution in [0.3, 0.4) is 0 Å². The van der Waals surface area contributed by atoms with E-state index < -0.39 is 0 Å². The standard InChI is InChI=1S/C16H24ClN3O2/c1-16(2,3)10-14(21)19-5-7-20(8-6-19)15(22)13-9-12(17)11-18(13)4/h9,11H,5-8,10H2,1-4H3. The molecule has 22 heavy (non-hydrogen) atoms. The second kappa shape index (κ2) is 6.32. The first-order valence-electron chi connectivity index (χ1n) is 7.56. The van der Waals surface area contributed by atoms with Gasteiger partial charge < -0.3 is 14.4 Å². The molecule has 2 heterocycles. The van der Waals surface area contributed by atoms with Gasteiger partial charge in [-0.25, -0.2) is 0 Å². The summed E-state index contributed by atoms with van der Waals surface area (Å²) in [6, 6.07) is 1.68. The van der Waals surface area contributed by atoms with Crippen LogP contribution in [0.25, 0.3) is 0 Å². The summed E-state index contributed by atoms with van der Waals surface area (Å²) >= 11 is 5.93. The van der Waals surface area contributed by atoms with Crippen LogP contribution in [0.2, 0.25) is 5.02 Å². The fourth-order valence-corrected chi connectivity index (χ4v) is 2.87. The van der Waals surface area contributed by atoms with Gasteiger partial charge in [0.1, 0.15) is 5.69 Å². The molecule has 0 aromatic carbocycles. The van der Waals surface area contributed by atoms with E-state index in [0.717, 1.165) is 0 Å². The molecule has 2 rings (SSSR count). The van der Waals surface area contributed by atoms with Crippen LogP contribution in [-0.2, 0) is 11.8 Å². The highest BCUT2D eigenvalue weighted by molar-refractivity contribution is 6.31. The van der Waals surface area contributed by atoms with Gasteiger partial charge in [0.05, 0.1) is 5.02 Å². The molecule has 1 aliphatic rings. The molecule has 0 radical (unpaired) electrons. The zero-order valence-electron chi connectivity index (χ0n) is 13.7. The Morgan fingerprint density at radius 3 is 2.14 bits per heavy atom. The first kappa shape index (κ1) is 16.9. The van der Waals surface area contributed by atoms with Gasteiger partial charge >= 0.3 is 0 Å². The van der Waals surface area contributed by atoms with Crippen molar-refractivity contribution in [3.8, 4) is 0 Å². The van der Waals surface area contributed by atoms with Crippen molar-refractivity contribution in [2.24, 2.45) is 12.5 Å². The molecule has 0 N–H and O–H groups in total. The largest absolute Gasteiger partial charge is 0.345 e. The van der Waals surface area contributed by atoms with Gasteiger partial charge in [-0.05, 0) is 11.5 Å². The van der Waals surface area contributed by atoms with Crippen LogP contribution in [0.5, 0.6) is 0 Å². The van der Waals surface area contributed by atoms with E-state index in [-0.39, 0.29) is 17.2 Å². The number of aryl methyl sites for hydroxylation is 1. The highest BCUT2D eigenvalue weighted by atomic mass is 35.5. The Morgan fingerprint density at radius 1 is 1.14 bits per heavy atom. The van der Waals surface area contributed by atoms with Crippen molar-refractivity contribution in [3.63, 3.8) is 0 Å². The minimum Gasteiger partial charge on any atom is -0.345 e. The molecule has 1 saturated heterocycles. The molecular formula is C16H24ClN3O2. The Kier molecular flexibility index (Phi) is 4.85. The fourth-order valence-electron chi connectivity index (χ4n) is 2.62. The first-order valence-corrected chi connectivity index (χ1v) is 7.94. The quantitative estimate of drug-likeness (QED) is 0.838. The maximum absolute atomic E-state index is 12.5. The summed E-state index contributed by atoms with van der Waals surface area (Å²) in [5, 5.41) is 0.560. The molecule has 0 aliphatic carbocycles. The number of hydrogen-bond acceptors (Lipinski definition) is 2. The number of rotatable bonds is 2. The Morgan fingerprint density at radius 2 is 1.68 bits per heavy atom. The SMILES string of the molecule is Cn1cc(Cl)cc1C(=O)N1CCN(C(=O)CC(C)(C)C)CC1. The summed E-state index contributed by atoms with van der Waals surface area (Å²) in [6.07, 6.45) is 2.26. The van der Waals surface area contributed by atoms with Gasteiger partial charge in [0.25, 0.3) is 5.91 Å². The van der Waals surface area contributed by atoms with Crippen molar-refractivity contribution in [2.75, 3.05) is 26.2 Å². The van der Waals surface area contributed by atoms with E-state index in [2.05, 4.69) is 20.8 Å². The summed E-state index contributed by atoms with van der Waals surface area (Å²) in [7, 11) is 1.81. The third-order valence-electron chi connectivity index (χ3n) is 3.79. The third-order valence-corrected chi connectivity index (χ3v) is 4.00. The van der Waals surface area contributed by atoms with Crippen molar-refractivity contribution in [1.29, 1.82) is 0 Å². The zero-order chi connectivity index (χ0) is 16.5. The molecule has 2 amide bonds. The lowest BCUT2D eigenvalue weighted by atomic mass is 9.91. The van der Waals surface area contributed by atoms with E-state index >= 15 is 0 Å². The number of amides is 2. The molecule has 1 fully saturated rings. The van der Waals surface area contributed by atoms with E-state index in [0.29, 0.717) is 43.3 Å². The van der Waals surface area contributed by atoms with Crippen LogP contribution in [-0.4, -0.2) is 52.4 Å². The molecule has 1 aromatic rings. The number of hydrogen-bond donors (Lipinski definition) is 0. The minimum absolute atomic E-state index is 0.0101. The molecule has 5 nitrogen and oxygen atoms in total. The van der Waals surface area contributed by atoms with Crippen molar-refractivity contribution in [1.82, 2.24) is 14.4 Å². The van der Waals surface area contributed by atoms with Crippen LogP contribution in [0.15, 0.2) is 12.3 Å². The van der Waals surface area contributed by atoms with Crippen LogP contribution in [0, 0.1) is 5.41 Å². The molecule has 6 heteroatoms. The van der Waals surface area contributed by atoms with Crippen molar-refractivity contribution in [3.05, 3.63) is 23.0 Å². The second-order valence-corrected chi connectivity index (χ2v) is 7.50. The van der Waals surface area contributed by atoms with Crippen LogP contribution >= 0.6 is 11.6 Å². The predicted octanol–water partition coefficient (Wildman–Crippen LogP) is 2.40. The maximum atomic E-state index is 12.5. The summed E-state index contributed by atoms with van der Waals surface area (Å²) in [5.41, 5.74) is 0.573. The summed E-state index contributed by atoms with van der Waals surface area (Å²) in [6.45, 7) is 8.50. The minimum atomic E-state index is -0.0303. The fraction of sp³-hybridized carbons (Fsp3) is 0.625. The van der Waals surface area contributed by atoms with Gasteiger partial charge in [0, 0.05) is 45.8 Å². The van der Waals surface area contributed by atoms with Gasteiger partial charge in [-0.2, -0.15) is 0 Å². The van der Waals surface area contributed by atoms with Crippen molar-refractivity contribution >= 4 is 23.4 Å². The molecule has 0 atom stereocenters. The van der Waals surface area contributed by atoms with E-state index in [4.69, 9.17) is 11.6 Å². The van der Waals surface area contributed by atoms with Crippen molar-refractivity contribution < 1.29 is 9.59 Å². The van der Waals surface area contributed by atoms with E-state index in [9.17, 15) is 9.59 Å². The molecule has 1 aliphatic heterocycles. The summed E-state index contributed by atoms with van der Waals surface area (Å²) in [5.74, 6) is 0.138. The van der Waals surface area contributed by atoms with E-state index in [1.54, 1.807) is 21.7 Å². The van der Waals surface area contributed by atoms with E-state index in [1.807, 2.05) is 11.9 Å². The highest BCUT2D eigenvalue weighted by Gasteiger charge is 2.28. The second-order valence-electron chi connectivity index (χ2n) is 7.06. The Bertz CT molecular complexity index is 566. The van der Waals surface area contributed by atoms with Gasteiger partial charge in [-0.1, -0.05) is 32.4 Å². The zero-order valence-corrected chi connectivity index (χ0v) is 14.5. The number of aromatic nitrogens is 1. The van der Waals surface area contributed by atoms with E-state index in [1.165, 1.54) is 0 Å². The normalized spacial score (nSPS) is 16.0. The third kappa shape index (κ3) is 4.03.